The van der Waals surface area contributed by atoms with Crippen LogP contribution in [0.5, 0.6) is 0 Å². The Hall–Kier alpha value is -0.296. The van der Waals surface area contributed by atoms with Gasteiger partial charge in [-0.2, -0.15) is 0 Å². The minimum Gasteiger partial charge on any atom is -0.466 e. The summed E-state index contributed by atoms with van der Waals surface area (Å²) in [6.07, 6.45) is 2.22. The third kappa shape index (κ3) is 8.30. The second-order valence-corrected chi connectivity index (χ2v) is 13.2. The van der Waals surface area contributed by atoms with E-state index in [4.69, 9.17) is 22.4 Å². The normalized spacial score (nSPS) is 17.4. The minimum atomic E-state index is -2.31. The first-order valence-corrected chi connectivity index (χ1v) is 14.9. The van der Waals surface area contributed by atoms with Crippen LogP contribution in [-0.2, 0) is 27.2 Å². The van der Waals surface area contributed by atoms with Crippen LogP contribution in [0.3, 0.4) is 0 Å². The van der Waals surface area contributed by atoms with Gasteiger partial charge in [-0.1, -0.05) is 0 Å². The molecule has 27 heavy (non-hydrogen) atoms. The number of esters is 1. The highest BCUT2D eigenvalue weighted by Crippen LogP contribution is 2.28. The van der Waals surface area contributed by atoms with Crippen molar-refractivity contribution in [1.82, 2.24) is 4.57 Å². The van der Waals surface area contributed by atoms with E-state index in [0.29, 0.717) is 46.0 Å². The summed E-state index contributed by atoms with van der Waals surface area (Å²) in [6.45, 7) is 14.6. The van der Waals surface area contributed by atoms with E-state index in [1.807, 2.05) is 27.7 Å². The summed E-state index contributed by atoms with van der Waals surface area (Å²) in [5, 5.41) is 0. The maximum absolute atomic E-state index is 12.1. The molecule has 160 valence electrons. The summed E-state index contributed by atoms with van der Waals surface area (Å²) in [7, 11) is -4.44. The number of nitrogens with zero attached hydrogens (tertiary/aromatic N) is 1. The van der Waals surface area contributed by atoms with Gasteiger partial charge in [0.2, 0.25) is 0 Å². The number of rotatable bonds is 15. The molecule has 1 saturated heterocycles. The molecule has 0 N–H and O–H groups in total. The molecule has 1 fully saturated rings. The largest absolute Gasteiger partial charge is 0.466 e. The Morgan fingerprint density at radius 1 is 1.04 bits per heavy atom. The molecule has 0 unspecified atom stereocenters. The fraction of sp³-hybridized carbons (Fsp3) is 0.944. The number of hydrogen-bond acceptors (Lipinski definition) is 7. The van der Waals surface area contributed by atoms with Crippen molar-refractivity contribution in [2.24, 2.45) is 0 Å². The number of carbonyl (C=O) groups is 1. The molecule has 1 aliphatic heterocycles. The van der Waals surface area contributed by atoms with Crippen LogP contribution in [0, 0.1) is 0 Å². The van der Waals surface area contributed by atoms with Gasteiger partial charge >= 0.3 is 23.3 Å². The maximum atomic E-state index is 12.1. The second kappa shape index (κ2) is 13.0. The standard InChI is InChI=1S/C18H39NO6Si2/c1-6-22-26(5,23-7-2)16-11-15-21-18(20)12-14-19-13-10-17-27(19,24-8-3)25-9-4/h6-17H2,1-5H3. The van der Waals surface area contributed by atoms with Gasteiger partial charge in [0.05, 0.1) is 13.0 Å². The van der Waals surface area contributed by atoms with Crippen LogP contribution in [0.4, 0.5) is 0 Å². The zero-order valence-corrected chi connectivity index (χ0v) is 19.9. The molecule has 0 radical (unpaired) electrons. The van der Waals surface area contributed by atoms with Crippen molar-refractivity contribution in [3.8, 4) is 0 Å². The van der Waals surface area contributed by atoms with Gasteiger partial charge in [0, 0.05) is 39.0 Å². The summed E-state index contributed by atoms with van der Waals surface area (Å²) in [5.41, 5.74) is 0. The summed E-state index contributed by atoms with van der Waals surface area (Å²) in [6, 6.07) is 1.81. The fourth-order valence-corrected chi connectivity index (χ4v) is 9.49. The van der Waals surface area contributed by atoms with E-state index in [-0.39, 0.29) is 5.97 Å². The lowest BCUT2D eigenvalue weighted by atomic mass is 10.4. The Morgan fingerprint density at radius 3 is 2.22 bits per heavy atom. The molecule has 7 nitrogen and oxygen atoms in total. The molecule has 0 aliphatic carbocycles. The van der Waals surface area contributed by atoms with E-state index in [9.17, 15) is 4.79 Å². The average Bonchev–Trinajstić information content (AvgIpc) is 3.00. The monoisotopic (exact) mass is 421 g/mol. The van der Waals surface area contributed by atoms with Crippen molar-refractivity contribution in [1.29, 1.82) is 0 Å². The van der Waals surface area contributed by atoms with Crippen molar-refractivity contribution in [3.63, 3.8) is 0 Å². The van der Waals surface area contributed by atoms with E-state index < -0.39 is 17.3 Å². The summed E-state index contributed by atoms with van der Waals surface area (Å²) in [5.74, 6) is -0.158. The van der Waals surface area contributed by atoms with Crippen molar-refractivity contribution < 1.29 is 27.2 Å². The first-order chi connectivity index (χ1) is 12.9. The van der Waals surface area contributed by atoms with E-state index >= 15 is 0 Å². The SMILES string of the molecule is CCO[Si](C)(CCCOC(=O)CCN1CCC[Si]1(OCC)OCC)OCC. The molecule has 0 aromatic carbocycles. The van der Waals surface area contributed by atoms with Gasteiger partial charge in [-0.15, -0.1) is 0 Å². The highest BCUT2D eigenvalue weighted by atomic mass is 28.4. The van der Waals surface area contributed by atoms with Crippen LogP contribution in [0.25, 0.3) is 0 Å². The van der Waals surface area contributed by atoms with Crippen LogP contribution in [0.15, 0.2) is 0 Å². The van der Waals surface area contributed by atoms with Gasteiger partial charge in [0.1, 0.15) is 0 Å². The highest BCUT2D eigenvalue weighted by Gasteiger charge is 2.48. The third-order valence-corrected chi connectivity index (χ3v) is 11.6. The molecule has 0 bridgehead atoms. The molecule has 1 aliphatic rings. The summed E-state index contributed by atoms with van der Waals surface area (Å²) >= 11 is 0. The zero-order valence-electron chi connectivity index (χ0n) is 17.9. The molecule has 0 aromatic rings. The Balaban J connectivity index is 2.34. The average molecular weight is 422 g/mol. The summed E-state index contributed by atoms with van der Waals surface area (Å²) in [4.78, 5) is 12.1. The number of hydrogen-bond donors (Lipinski definition) is 0. The Labute approximate surface area is 167 Å². The van der Waals surface area contributed by atoms with Crippen molar-refractivity contribution in [3.05, 3.63) is 0 Å². The smallest absolute Gasteiger partial charge is 0.427 e. The first kappa shape index (κ1) is 24.7. The van der Waals surface area contributed by atoms with Gasteiger partial charge in [-0.3, -0.25) is 9.36 Å². The second-order valence-electron chi connectivity index (χ2n) is 6.74. The van der Waals surface area contributed by atoms with Crippen molar-refractivity contribution in [2.75, 3.05) is 46.1 Å². The quantitative estimate of drug-likeness (QED) is 0.228. The topological polar surface area (TPSA) is 66.5 Å². The lowest BCUT2D eigenvalue weighted by molar-refractivity contribution is -0.143. The van der Waals surface area contributed by atoms with E-state index in [2.05, 4.69) is 11.1 Å². The van der Waals surface area contributed by atoms with Gasteiger partial charge in [0.15, 0.2) is 0 Å². The van der Waals surface area contributed by atoms with Gasteiger partial charge in [0.25, 0.3) is 0 Å². The Morgan fingerprint density at radius 2 is 1.67 bits per heavy atom. The lowest BCUT2D eigenvalue weighted by Crippen LogP contribution is -2.55. The van der Waals surface area contributed by atoms with Crippen LogP contribution in [0.1, 0.15) is 47.0 Å². The lowest BCUT2D eigenvalue weighted by Gasteiger charge is -2.33. The molecule has 0 saturated carbocycles. The van der Waals surface area contributed by atoms with Crippen molar-refractivity contribution in [2.45, 2.75) is 65.6 Å². The predicted octanol–water partition coefficient (Wildman–Crippen LogP) is 3.17. The predicted molar refractivity (Wildman–Crippen MR) is 110 cm³/mol. The first-order valence-electron chi connectivity index (χ1n) is 10.4. The molecular formula is C18H39NO6Si2. The Bertz CT molecular complexity index is 415. The zero-order chi connectivity index (χ0) is 20.2. The van der Waals surface area contributed by atoms with Crippen molar-refractivity contribution >= 4 is 23.3 Å². The molecule has 1 rings (SSSR count). The molecule has 0 atom stereocenters. The minimum absolute atomic E-state index is 0.158. The van der Waals surface area contributed by atoms with Crippen LogP contribution in [-0.4, -0.2) is 73.9 Å². The van der Waals surface area contributed by atoms with Crippen LogP contribution in [0.2, 0.25) is 18.6 Å². The molecule has 0 amide bonds. The van der Waals surface area contributed by atoms with Gasteiger partial charge in [-0.25, -0.2) is 0 Å². The van der Waals surface area contributed by atoms with Crippen LogP contribution < -0.4 is 0 Å². The van der Waals surface area contributed by atoms with Crippen LogP contribution >= 0.6 is 0 Å². The molecule has 1 heterocycles. The number of carbonyl (C=O) groups excluding carboxylic acids is 1. The molecule has 9 heteroatoms. The van der Waals surface area contributed by atoms with E-state index in [1.165, 1.54) is 0 Å². The van der Waals surface area contributed by atoms with Gasteiger partial charge in [-0.05, 0) is 59.7 Å². The molecule has 0 spiro atoms. The third-order valence-electron chi connectivity index (χ3n) is 4.67. The molecule has 0 aromatic heterocycles. The Kier molecular flexibility index (Phi) is 11.9. The maximum Gasteiger partial charge on any atom is 0.427 e. The van der Waals surface area contributed by atoms with E-state index in [0.717, 1.165) is 31.5 Å². The number of ether oxygens (including phenoxy) is 1. The molecular weight excluding hydrogens is 382 g/mol. The van der Waals surface area contributed by atoms with Gasteiger partial charge < -0.3 is 22.4 Å². The fourth-order valence-electron chi connectivity index (χ4n) is 3.60. The highest BCUT2D eigenvalue weighted by molar-refractivity contribution is 6.66. The van der Waals surface area contributed by atoms with E-state index in [1.54, 1.807) is 0 Å². The summed E-state index contributed by atoms with van der Waals surface area (Å²) < 4.78 is 31.3.